The molecule has 0 atom stereocenters. The van der Waals surface area contributed by atoms with Gasteiger partial charge in [0.1, 0.15) is 10.3 Å². The molecule has 2 N–H and O–H groups in total. The van der Waals surface area contributed by atoms with Crippen molar-refractivity contribution in [2.24, 2.45) is 0 Å². The second-order valence-corrected chi connectivity index (χ2v) is 5.70. The number of anilines is 1. The number of nitrogens with zero attached hydrogens (tertiary/aromatic N) is 1. The van der Waals surface area contributed by atoms with Crippen LogP contribution in [0.25, 0.3) is 0 Å². The number of nitrogens with one attached hydrogen (secondary N) is 2. The van der Waals surface area contributed by atoms with Gasteiger partial charge in [-0.25, -0.2) is 4.98 Å². The van der Waals surface area contributed by atoms with Crippen LogP contribution in [0.4, 0.5) is 5.82 Å². The summed E-state index contributed by atoms with van der Waals surface area (Å²) in [4.78, 5) is 17.9. The molecule has 1 aliphatic carbocycles. The molecule has 0 spiro atoms. The molecule has 0 bridgehead atoms. The molecule has 0 unspecified atom stereocenters. The molecule has 1 aliphatic rings. The van der Waals surface area contributed by atoms with Crippen molar-refractivity contribution in [2.45, 2.75) is 17.6 Å². The standard InChI is InChI=1S/C9H12BrN3OS/c1-15-9(2-3-9)4-11-7-6(10)8(14)13-5-12-7/h5H,2-4H2,1H3,(H2,11,12,13,14). The molecule has 0 aromatic carbocycles. The summed E-state index contributed by atoms with van der Waals surface area (Å²) in [5.74, 6) is 0.624. The van der Waals surface area contributed by atoms with Crippen LogP contribution in [0.5, 0.6) is 0 Å². The first kappa shape index (κ1) is 11.0. The average molecular weight is 290 g/mol. The Balaban J connectivity index is 2.05. The Hall–Kier alpha value is -0.490. The molecular formula is C9H12BrN3OS. The maximum absolute atomic E-state index is 11.3. The fourth-order valence-electron chi connectivity index (χ4n) is 1.34. The molecule has 6 heteroatoms. The first-order chi connectivity index (χ1) is 7.17. The van der Waals surface area contributed by atoms with Gasteiger partial charge in [0, 0.05) is 11.3 Å². The summed E-state index contributed by atoms with van der Waals surface area (Å²) in [5, 5.41) is 3.21. The van der Waals surface area contributed by atoms with Crippen molar-refractivity contribution in [3.8, 4) is 0 Å². The molecule has 4 nitrogen and oxygen atoms in total. The molecule has 2 rings (SSSR count). The van der Waals surface area contributed by atoms with Crippen LogP contribution in [-0.4, -0.2) is 27.5 Å². The highest BCUT2D eigenvalue weighted by atomic mass is 79.9. The summed E-state index contributed by atoms with van der Waals surface area (Å²) in [7, 11) is 0. The lowest BCUT2D eigenvalue weighted by molar-refractivity contribution is 0.932. The third-order valence-electron chi connectivity index (χ3n) is 2.62. The zero-order chi connectivity index (χ0) is 10.9. The summed E-state index contributed by atoms with van der Waals surface area (Å²) in [6.45, 7) is 0.864. The molecule has 0 saturated heterocycles. The normalized spacial score (nSPS) is 17.5. The number of hydrogen-bond acceptors (Lipinski definition) is 4. The van der Waals surface area contributed by atoms with Gasteiger partial charge in [-0.15, -0.1) is 0 Å². The van der Waals surface area contributed by atoms with E-state index < -0.39 is 0 Å². The van der Waals surface area contributed by atoms with Gasteiger partial charge >= 0.3 is 0 Å². The quantitative estimate of drug-likeness (QED) is 0.888. The highest BCUT2D eigenvalue weighted by Crippen LogP contribution is 2.47. The molecular weight excluding hydrogens is 278 g/mol. The van der Waals surface area contributed by atoms with Crippen molar-refractivity contribution < 1.29 is 0 Å². The molecule has 1 fully saturated rings. The Morgan fingerprint density at radius 1 is 1.73 bits per heavy atom. The van der Waals surface area contributed by atoms with Gasteiger partial charge < -0.3 is 10.3 Å². The van der Waals surface area contributed by atoms with E-state index in [9.17, 15) is 4.79 Å². The minimum absolute atomic E-state index is 0.151. The SMILES string of the molecule is CSC1(CNc2nc[nH]c(=O)c2Br)CC1. The van der Waals surface area contributed by atoms with Crippen LogP contribution in [0.1, 0.15) is 12.8 Å². The lowest BCUT2D eigenvalue weighted by Crippen LogP contribution is -2.20. The highest BCUT2D eigenvalue weighted by molar-refractivity contribution is 9.10. The maximum atomic E-state index is 11.3. The topological polar surface area (TPSA) is 57.8 Å². The van der Waals surface area contributed by atoms with Crippen molar-refractivity contribution in [1.82, 2.24) is 9.97 Å². The van der Waals surface area contributed by atoms with E-state index in [0.717, 1.165) is 6.54 Å². The molecule has 82 valence electrons. The largest absolute Gasteiger partial charge is 0.368 e. The number of aromatic nitrogens is 2. The number of H-pyrrole nitrogens is 1. The van der Waals surface area contributed by atoms with E-state index in [-0.39, 0.29) is 5.56 Å². The predicted molar refractivity (Wildman–Crippen MR) is 66.5 cm³/mol. The second kappa shape index (κ2) is 4.17. The summed E-state index contributed by atoms with van der Waals surface area (Å²) >= 11 is 5.09. The van der Waals surface area contributed by atoms with E-state index in [1.165, 1.54) is 19.2 Å². The van der Waals surface area contributed by atoms with Crippen molar-refractivity contribution in [2.75, 3.05) is 18.1 Å². The minimum atomic E-state index is -0.151. The fourth-order valence-corrected chi connectivity index (χ4v) is 2.43. The molecule has 0 radical (unpaired) electrons. The fraction of sp³-hybridized carbons (Fsp3) is 0.556. The van der Waals surface area contributed by atoms with Crippen molar-refractivity contribution in [3.63, 3.8) is 0 Å². The number of rotatable bonds is 4. The summed E-state index contributed by atoms with van der Waals surface area (Å²) in [5.41, 5.74) is -0.151. The monoisotopic (exact) mass is 289 g/mol. The first-order valence-electron chi connectivity index (χ1n) is 4.69. The predicted octanol–water partition coefficient (Wildman–Crippen LogP) is 1.84. The van der Waals surface area contributed by atoms with E-state index in [1.807, 2.05) is 11.8 Å². The number of halogens is 1. The zero-order valence-electron chi connectivity index (χ0n) is 8.34. The molecule has 1 heterocycles. The zero-order valence-corrected chi connectivity index (χ0v) is 10.7. The van der Waals surface area contributed by atoms with Crippen molar-refractivity contribution in [1.29, 1.82) is 0 Å². The molecule has 1 aromatic rings. The number of hydrogen-bond donors (Lipinski definition) is 2. The lowest BCUT2D eigenvalue weighted by Gasteiger charge is -2.13. The van der Waals surface area contributed by atoms with Crippen LogP contribution in [0, 0.1) is 0 Å². The van der Waals surface area contributed by atoms with Crippen molar-refractivity contribution >= 4 is 33.5 Å². The van der Waals surface area contributed by atoms with Crippen LogP contribution in [0.3, 0.4) is 0 Å². The van der Waals surface area contributed by atoms with Gasteiger partial charge in [-0.1, -0.05) is 0 Å². The van der Waals surface area contributed by atoms with Gasteiger partial charge in [-0.2, -0.15) is 11.8 Å². The van der Waals surface area contributed by atoms with Gasteiger partial charge in [0.15, 0.2) is 0 Å². The van der Waals surface area contributed by atoms with Crippen LogP contribution in [0.2, 0.25) is 0 Å². The third kappa shape index (κ3) is 2.36. The van der Waals surface area contributed by atoms with E-state index in [1.54, 1.807) is 0 Å². The Morgan fingerprint density at radius 3 is 3.07 bits per heavy atom. The number of thioether (sulfide) groups is 1. The van der Waals surface area contributed by atoms with Crippen molar-refractivity contribution in [3.05, 3.63) is 21.2 Å². The first-order valence-corrected chi connectivity index (χ1v) is 6.71. The van der Waals surface area contributed by atoms with E-state index >= 15 is 0 Å². The molecule has 0 aliphatic heterocycles. The highest BCUT2D eigenvalue weighted by Gasteiger charge is 2.41. The van der Waals surface area contributed by atoms with Gasteiger partial charge in [0.25, 0.3) is 5.56 Å². The third-order valence-corrected chi connectivity index (χ3v) is 4.77. The number of aromatic amines is 1. The van der Waals surface area contributed by atoms with Gasteiger partial charge in [0.2, 0.25) is 0 Å². The Labute approximate surface area is 100 Å². The van der Waals surface area contributed by atoms with Crippen LogP contribution < -0.4 is 10.9 Å². The Kier molecular flexibility index (Phi) is 3.06. The summed E-state index contributed by atoms with van der Waals surface area (Å²) < 4.78 is 0.839. The molecule has 15 heavy (non-hydrogen) atoms. The molecule has 0 amide bonds. The van der Waals surface area contributed by atoms with Crippen LogP contribution in [-0.2, 0) is 0 Å². The van der Waals surface area contributed by atoms with E-state index in [2.05, 4.69) is 37.5 Å². The van der Waals surface area contributed by atoms with E-state index in [0.29, 0.717) is 15.0 Å². The summed E-state index contributed by atoms with van der Waals surface area (Å²) in [6.07, 6.45) is 6.01. The smallest absolute Gasteiger partial charge is 0.267 e. The Morgan fingerprint density at radius 2 is 2.47 bits per heavy atom. The van der Waals surface area contributed by atoms with Crippen LogP contribution >= 0.6 is 27.7 Å². The second-order valence-electron chi connectivity index (χ2n) is 3.63. The van der Waals surface area contributed by atoms with Gasteiger partial charge in [-0.05, 0) is 35.0 Å². The molecule has 1 saturated carbocycles. The summed E-state index contributed by atoms with van der Waals surface area (Å²) in [6, 6.07) is 0. The van der Waals surface area contributed by atoms with E-state index in [4.69, 9.17) is 0 Å². The lowest BCUT2D eigenvalue weighted by atomic mass is 10.4. The van der Waals surface area contributed by atoms with Gasteiger partial charge in [0.05, 0.1) is 6.33 Å². The minimum Gasteiger partial charge on any atom is -0.368 e. The average Bonchev–Trinajstić information content (AvgIpc) is 3.01. The Bertz CT molecular complexity index is 416. The van der Waals surface area contributed by atoms with Gasteiger partial charge in [-0.3, -0.25) is 4.79 Å². The maximum Gasteiger partial charge on any atom is 0.267 e. The molecule has 1 aromatic heterocycles. The van der Waals surface area contributed by atoms with Crippen LogP contribution in [0.15, 0.2) is 15.6 Å².